The van der Waals surface area contributed by atoms with Gasteiger partial charge in [-0.25, -0.2) is 15.0 Å². The van der Waals surface area contributed by atoms with Crippen molar-refractivity contribution in [1.82, 2.24) is 19.9 Å². The molecule has 0 atom stereocenters. The molecule has 2 rings (SSSR count). The summed E-state index contributed by atoms with van der Waals surface area (Å²) in [5.74, 6) is 1.60. The molecule has 0 fully saturated rings. The minimum Gasteiger partial charge on any atom is -0.339 e. The molecular formula is C10H12N4. The number of hydrogen-bond donors (Lipinski definition) is 1. The predicted octanol–water partition coefficient (Wildman–Crippen LogP) is 1.95. The van der Waals surface area contributed by atoms with Gasteiger partial charge in [-0.3, -0.25) is 0 Å². The number of nitrogens with one attached hydrogen (secondary N) is 1. The van der Waals surface area contributed by atoms with E-state index in [-0.39, 0.29) is 0 Å². The fourth-order valence-corrected chi connectivity index (χ4v) is 1.23. The van der Waals surface area contributed by atoms with Crippen molar-refractivity contribution in [1.29, 1.82) is 0 Å². The monoisotopic (exact) mass is 188 g/mol. The molecule has 72 valence electrons. The molecule has 0 unspecified atom stereocenters. The fraction of sp³-hybridized carbons (Fsp3) is 0.300. The highest BCUT2D eigenvalue weighted by Crippen LogP contribution is 2.11. The van der Waals surface area contributed by atoms with E-state index in [2.05, 4.69) is 26.5 Å². The first kappa shape index (κ1) is 8.87. The summed E-state index contributed by atoms with van der Waals surface area (Å²) in [5.41, 5.74) is 2.45. The quantitative estimate of drug-likeness (QED) is 0.783. The number of hydrogen-bond acceptors (Lipinski definition) is 3. The molecule has 2 aromatic rings. The minimum atomic E-state index is 0.659. The van der Waals surface area contributed by atoms with Gasteiger partial charge in [0.15, 0.2) is 11.5 Å². The van der Waals surface area contributed by atoms with Crippen molar-refractivity contribution >= 4 is 16.7 Å². The Morgan fingerprint density at radius 1 is 1.50 bits per heavy atom. The molecule has 1 N–H and O–H groups in total. The Kier molecular flexibility index (Phi) is 2.04. The number of H-pyrrole nitrogens is 1. The van der Waals surface area contributed by atoms with Crippen LogP contribution in [0.5, 0.6) is 0 Å². The summed E-state index contributed by atoms with van der Waals surface area (Å²) in [6.07, 6.45) is 2.62. The third-order valence-electron chi connectivity index (χ3n) is 2.01. The Hall–Kier alpha value is -1.71. The lowest BCUT2D eigenvalue weighted by Crippen LogP contribution is -1.90. The number of allylic oxidation sites excluding steroid dienone is 1. The second-order valence-corrected chi connectivity index (χ2v) is 3.25. The van der Waals surface area contributed by atoms with Crippen molar-refractivity contribution in [2.45, 2.75) is 20.3 Å². The first-order valence-corrected chi connectivity index (χ1v) is 4.58. The van der Waals surface area contributed by atoms with Gasteiger partial charge in [-0.1, -0.05) is 13.5 Å². The first-order valence-electron chi connectivity index (χ1n) is 4.58. The summed E-state index contributed by atoms with van der Waals surface area (Å²) >= 11 is 0. The van der Waals surface area contributed by atoms with Crippen molar-refractivity contribution in [3.63, 3.8) is 0 Å². The molecule has 4 nitrogen and oxygen atoms in total. The van der Waals surface area contributed by atoms with Crippen LogP contribution in [-0.4, -0.2) is 19.9 Å². The van der Waals surface area contributed by atoms with Gasteiger partial charge in [0.1, 0.15) is 11.3 Å². The average Bonchev–Trinajstić information content (AvgIpc) is 2.58. The van der Waals surface area contributed by atoms with E-state index in [1.807, 2.05) is 13.8 Å². The SMILES string of the molecule is C=C(C)c1ncc2[nH]c(CC)nc2n1. The Bertz CT molecular complexity index is 484. The highest BCUT2D eigenvalue weighted by Gasteiger charge is 2.04. The van der Waals surface area contributed by atoms with E-state index >= 15 is 0 Å². The number of aromatic amines is 1. The minimum absolute atomic E-state index is 0.659. The summed E-state index contributed by atoms with van der Waals surface area (Å²) in [5, 5.41) is 0. The Labute approximate surface area is 82.1 Å². The van der Waals surface area contributed by atoms with Gasteiger partial charge in [0, 0.05) is 6.42 Å². The van der Waals surface area contributed by atoms with Crippen LogP contribution in [0.25, 0.3) is 16.7 Å². The predicted molar refractivity (Wildman–Crippen MR) is 55.8 cm³/mol. The van der Waals surface area contributed by atoms with Crippen molar-refractivity contribution in [3.8, 4) is 0 Å². The van der Waals surface area contributed by atoms with Gasteiger partial charge < -0.3 is 4.98 Å². The maximum atomic E-state index is 4.33. The molecule has 0 amide bonds. The van der Waals surface area contributed by atoms with E-state index in [4.69, 9.17) is 0 Å². The molecule has 2 aromatic heterocycles. The lowest BCUT2D eigenvalue weighted by Gasteiger charge is -1.94. The topological polar surface area (TPSA) is 54.5 Å². The molecule has 0 aliphatic rings. The summed E-state index contributed by atoms with van der Waals surface area (Å²) in [6.45, 7) is 7.73. The van der Waals surface area contributed by atoms with E-state index in [0.29, 0.717) is 5.82 Å². The smallest absolute Gasteiger partial charge is 0.181 e. The lowest BCUT2D eigenvalue weighted by atomic mass is 10.3. The zero-order valence-electron chi connectivity index (χ0n) is 8.33. The third kappa shape index (κ3) is 1.39. The van der Waals surface area contributed by atoms with E-state index in [9.17, 15) is 0 Å². The largest absolute Gasteiger partial charge is 0.339 e. The number of aromatic nitrogens is 4. The van der Waals surface area contributed by atoms with Gasteiger partial charge in [-0.15, -0.1) is 0 Å². The summed E-state index contributed by atoms with van der Waals surface area (Å²) in [6, 6.07) is 0. The van der Waals surface area contributed by atoms with Gasteiger partial charge in [-0.05, 0) is 12.5 Å². The molecule has 0 aliphatic carbocycles. The number of aryl methyl sites for hydroxylation is 1. The van der Waals surface area contributed by atoms with Crippen LogP contribution in [0.4, 0.5) is 0 Å². The van der Waals surface area contributed by atoms with Crippen LogP contribution >= 0.6 is 0 Å². The van der Waals surface area contributed by atoms with Crippen LogP contribution in [0.1, 0.15) is 25.5 Å². The van der Waals surface area contributed by atoms with Crippen molar-refractivity contribution in [2.75, 3.05) is 0 Å². The molecule has 4 heteroatoms. The lowest BCUT2D eigenvalue weighted by molar-refractivity contribution is 0.997. The molecule has 0 saturated carbocycles. The number of imidazole rings is 1. The molecule has 2 heterocycles. The fourth-order valence-electron chi connectivity index (χ4n) is 1.23. The van der Waals surface area contributed by atoms with Crippen LogP contribution < -0.4 is 0 Å². The van der Waals surface area contributed by atoms with Crippen molar-refractivity contribution in [3.05, 3.63) is 24.4 Å². The Morgan fingerprint density at radius 2 is 2.29 bits per heavy atom. The molecule has 0 bridgehead atoms. The van der Waals surface area contributed by atoms with Gasteiger partial charge in [0.05, 0.1) is 6.20 Å². The normalized spacial score (nSPS) is 10.7. The van der Waals surface area contributed by atoms with Crippen molar-refractivity contribution in [2.24, 2.45) is 0 Å². The van der Waals surface area contributed by atoms with Gasteiger partial charge in [-0.2, -0.15) is 0 Å². The van der Waals surface area contributed by atoms with E-state index in [1.165, 1.54) is 0 Å². The average molecular weight is 188 g/mol. The second kappa shape index (κ2) is 3.21. The number of nitrogens with zero attached hydrogens (tertiary/aromatic N) is 3. The van der Waals surface area contributed by atoms with Crippen LogP contribution in [0, 0.1) is 0 Å². The Balaban J connectivity index is 2.59. The number of rotatable bonds is 2. The maximum absolute atomic E-state index is 4.33. The van der Waals surface area contributed by atoms with E-state index in [1.54, 1.807) is 6.20 Å². The standard InChI is InChI=1S/C10H12N4/c1-4-8-12-7-5-11-9(6(2)3)14-10(7)13-8/h5H,2,4H2,1,3H3,(H,11,12,13,14). The maximum Gasteiger partial charge on any atom is 0.181 e. The highest BCUT2D eigenvalue weighted by atomic mass is 15.0. The molecule has 0 spiro atoms. The molecule has 0 radical (unpaired) electrons. The first-order chi connectivity index (χ1) is 6.70. The van der Waals surface area contributed by atoms with Gasteiger partial charge in [0.25, 0.3) is 0 Å². The van der Waals surface area contributed by atoms with Crippen LogP contribution in [-0.2, 0) is 6.42 Å². The van der Waals surface area contributed by atoms with Crippen LogP contribution in [0.2, 0.25) is 0 Å². The third-order valence-corrected chi connectivity index (χ3v) is 2.01. The summed E-state index contributed by atoms with van der Waals surface area (Å²) < 4.78 is 0. The zero-order valence-corrected chi connectivity index (χ0v) is 8.33. The number of fused-ring (bicyclic) bond motifs is 1. The molecule has 0 aliphatic heterocycles. The Morgan fingerprint density at radius 3 is 2.93 bits per heavy atom. The molecule has 14 heavy (non-hydrogen) atoms. The molecule has 0 saturated heterocycles. The molecule has 0 aromatic carbocycles. The van der Waals surface area contributed by atoms with Crippen molar-refractivity contribution < 1.29 is 0 Å². The van der Waals surface area contributed by atoms with Crippen LogP contribution in [0.15, 0.2) is 12.8 Å². The second-order valence-electron chi connectivity index (χ2n) is 3.25. The van der Waals surface area contributed by atoms with Crippen LogP contribution in [0.3, 0.4) is 0 Å². The van der Waals surface area contributed by atoms with E-state index in [0.717, 1.165) is 29.0 Å². The van der Waals surface area contributed by atoms with Gasteiger partial charge in [0.2, 0.25) is 0 Å². The van der Waals surface area contributed by atoms with E-state index < -0.39 is 0 Å². The molecular weight excluding hydrogens is 176 g/mol. The zero-order chi connectivity index (χ0) is 10.1. The highest BCUT2D eigenvalue weighted by molar-refractivity contribution is 5.71. The summed E-state index contributed by atoms with van der Waals surface area (Å²) in [7, 11) is 0. The summed E-state index contributed by atoms with van der Waals surface area (Å²) in [4.78, 5) is 15.9. The van der Waals surface area contributed by atoms with Gasteiger partial charge >= 0.3 is 0 Å².